The van der Waals surface area contributed by atoms with E-state index in [2.05, 4.69) is 0 Å². The molecule has 3 heterocycles. The van der Waals surface area contributed by atoms with Gasteiger partial charge in [-0.3, -0.25) is 33.7 Å². The minimum absolute atomic E-state index is 0.0455. The number of carbonyl (C=O) groups excluding carboxylic acids is 7. The van der Waals surface area contributed by atoms with Crippen LogP contribution >= 0.6 is 0 Å². The number of ether oxygens (including phenoxy) is 1. The number of rotatable bonds is 7. The van der Waals surface area contributed by atoms with Gasteiger partial charge in [0.2, 0.25) is 11.8 Å². The second kappa shape index (κ2) is 11.0. The lowest BCUT2D eigenvalue weighted by Gasteiger charge is -2.19. The number of pyridine rings is 1. The van der Waals surface area contributed by atoms with E-state index < -0.39 is 35.3 Å². The van der Waals surface area contributed by atoms with Crippen molar-refractivity contribution >= 4 is 57.8 Å². The number of fused-ring (bicyclic) bond motifs is 8. The molecule has 5 atom stereocenters. The molecule has 5 aliphatic rings. The van der Waals surface area contributed by atoms with Gasteiger partial charge in [-0.1, -0.05) is 42.5 Å². The predicted octanol–water partition coefficient (Wildman–Crippen LogP) is 4.55. The van der Waals surface area contributed by atoms with Gasteiger partial charge in [0.1, 0.15) is 5.92 Å². The van der Waals surface area contributed by atoms with Gasteiger partial charge < -0.3 is 4.74 Å². The van der Waals surface area contributed by atoms with E-state index >= 15 is 0 Å². The second-order valence-electron chi connectivity index (χ2n) is 13.3. The quantitative estimate of drug-likeness (QED) is 0.0912. The van der Waals surface area contributed by atoms with Crippen LogP contribution in [0.15, 0.2) is 84.9 Å². The summed E-state index contributed by atoms with van der Waals surface area (Å²) in [6.07, 6.45) is 5.08. The highest BCUT2D eigenvalue weighted by Gasteiger charge is 2.59. The number of para-hydroxylation sites is 1. The minimum Gasteiger partial charge on any atom is -0.462 e. The van der Waals surface area contributed by atoms with Crippen molar-refractivity contribution in [3.05, 3.63) is 118 Å². The Balaban J connectivity index is 0.917. The first-order valence-electron chi connectivity index (χ1n) is 16.5. The number of imide groups is 2. The lowest BCUT2D eigenvalue weighted by Crippen LogP contribution is -2.33. The van der Waals surface area contributed by atoms with Gasteiger partial charge >= 0.3 is 5.97 Å². The molecule has 5 unspecified atom stereocenters. The molecule has 9 rings (SSSR count). The lowest BCUT2D eigenvalue weighted by atomic mass is 9.85. The maximum atomic E-state index is 13.7. The summed E-state index contributed by atoms with van der Waals surface area (Å²) >= 11 is 0. The summed E-state index contributed by atoms with van der Waals surface area (Å²) in [4.78, 5) is 99.7. The van der Waals surface area contributed by atoms with E-state index in [0.717, 1.165) is 11.3 Å². The maximum Gasteiger partial charge on any atom is 0.338 e. The van der Waals surface area contributed by atoms with Crippen LogP contribution in [-0.2, 0) is 14.3 Å². The van der Waals surface area contributed by atoms with Crippen molar-refractivity contribution in [1.29, 1.82) is 0 Å². The molecule has 0 radical (unpaired) electrons. The Labute approximate surface area is 284 Å². The normalized spacial score (nSPS) is 24.5. The molecule has 0 N–H and O–H groups in total. The van der Waals surface area contributed by atoms with Crippen molar-refractivity contribution in [2.24, 2.45) is 23.7 Å². The first-order chi connectivity index (χ1) is 24.2. The monoisotopic (exact) mass is 665 g/mol. The van der Waals surface area contributed by atoms with E-state index in [4.69, 9.17) is 9.72 Å². The fourth-order valence-electron chi connectivity index (χ4n) is 8.33. The third-order valence-electron chi connectivity index (χ3n) is 10.7. The Bertz CT molecular complexity index is 2240. The van der Waals surface area contributed by atoms with Gasteiger partial charge in [-0.15, -0.1) is 0 Å². The summed E-state index contributed by atoms with van der Waals surface area (Å²) in [7, 11) is 0. The topological polar surface area (TPSA) is 148 Å². The summed E-state index contributed by atoms with van der Waals surface area (Å²) in [6, 6.07) is 19.2. The number of carbonyl (C=O) groups is 7. The largest absolute Gasteiger partial charge is 0.462 e. The molecular formula is C39H27N3O8. The van der Waals surface area contributed by atoms with Crippen molar-refractivity contribution in [2.75, 3.05) is 18.1 Å². The Morgan fingerprint density at radius 3 is 2.12 bits per heavy atom. The van der Waals surface area contributed by atoms with E-state index in [1.807, 2.05) is 12.2 Å². The van der Waals surface area contributed by atoms with Crippen LogP contribution in [0.3, 0.4) is 0 Å². The molecule has 2 fully saturated rings. The zero-order valence-corrected chi connectivity index (χ0v) is 26.4. The number of allylic oxidation sites excluding steroid dienone is 2. The Hall–Kier alpha value is -6.10. The van der Waals surface area contributed by atoms with Crippen LogP contribution in [0.4, 0.5) is 5.69 Å². The molecule has 11 heteroatoms. The molecule has 0 spiro atoms. The standard InChI is InChI=1S/C39H27N3O8/c43-33-23-13-11-22(39(49)50-16-4-15-41-35(45)24-6-1-2-7-25(24)36(41)46)18-26(23)34(44)31(33)27-14-12-19-5-3-8-28(32(19)40-27)42-37(47)29-20-9-10-21(17-20)30(29)38(42)48/h1-3,5-14,18,20-21,29-31H,4,15-17H2. The minimum atomic E-state index is -1.27. The van der Waals surface area contributed by atoms with Crippen LogP contribution in [-0.4, -0.2) is 64.2 Å². The highest BCUT2D eigenvalue weighted by Crippen LogP contribution is 2.53. The van der Waals surface area contributed by atoms with Crippen molar-refractivity contribution in [3.63, 3.8) is 0 Å². The van der Waals surface area contributed by atoms with Gasteiger partial charge in [-0.25, -0.2) is 14.7 Å². The van der Waals surface area contributed by atoms with Gasteiger partial charge in [-0.2, -0.15) is 0 Å². The van der Waals surface area contributed by atoms with Crippen LogP contribution in [0.25, 0.3) is 10.9 Å². The summed E-state index contributed by atoms with van der Waals surface area (Å²) in [5.74, 6) is -4.96. The number of hydrogen-bond acceptors (Lipinski definition) is 9. The van der Waals surface area contributed by atoms with Gasteiger partial charge in [0.05, 0.1) is 52.0 Å². The summed E-state index contributed by atoms with van der Waals surface area (Å²) < 4.78 is 5.38. The van der Waals surface area contributed by atoms with E-state index in [9.17, 15) is 33.6 Å². The molecule has 2 aliphatic heterocycles. The summed E-state index contributed by atoms with van der Waals surface area (Å²) in [5.41, 5.74) is 1.81. The lowest BCUT2D eigenvalue weighted by molar-refractivity contribution is -0.123. The Morgan fingerprint density at radius 1 is 0.740 bits per heavy atom. The maximum absolute atomic E-state index is 13.7. The molecular weight excluding hydrogens is 638 g/mol. The summed E-state index contributed by atoms with van der Waals surface area (Å²) in [5, 5.41) is 0.647. The number of benzene rings is 3. The molecule has 4 aromatic rings. The predicted molar refractivity (Wildman–Crippen MR) is 177 cm³/mol. The van der Waals surface area contributed by atoms with E-state index in [0.29, 0.717) is 27.7 Å². The van der Waals surface area contributed by atoms with Gasteiger partial charge in [0, 0.05) is 23.1 Å². The van der Waals surface area contributed by atoms with E-state index in [1.54, 1.807) is 54.6 Å². The van der Waals surface area contributed by atoms with Crippen LogP contribution in [0.5, 0.6) is 0 Å². The fraction of sp³-hybridized carbons (Fsp3) is 0.231. The molecule has 3 aliphatic carbocycles. The third-order valence-corrected chi connectivity index (χ3v) is 10.7. The first kappa shape index (κ1) is 30.0. The van der Waals surface area contributed by atoms with Gasteiger partial charge in [0.15, 0.2) is 11.6 Å². The first-order valence-corrected chi connectivity index (χ1v) is 16.5. The van der Waals surface area contributed by atoms with Crippen LogP contribution in [0.2, 0.25) is 0 Å². The Morgan fingerprint density at radius 2 is 1.42 bits per heavy atom. The zero-order chi connectivity index (χ0) is 34.4. The zero-order valence-electron chi connectivity index (χ0n) is 26.4. The highest BCUT2D eigenvalue weighted by atomic mass is 16.5. The number of hydrogen-bond donors (Lipinski definition) is 0. The molecule has 246 valence electrons. The number of anilines is 1. The number of esters is 1. The number of ketones is 2. The number of amides is 4. The van der Waals surface area contributed by atoms with Crippen molar-refractivity contribution < 1.29 is 38.3 Å². The Kier molecular flexibility index (Phi) is 6.57. The smallest absolute Gasteiger partial charge is 0.338 e. The van der Waals surface area contributed by atoms with Crippen molar-refractivity contribution in [3.8, 4) is 0 Å². The second-order valence-corrected chi connectivity index (χ2v) is 13.3. The summed E-state index contributed by atoms with van der Waals surface area (Å²) in [6.45, 7) is -0.0120. The van der Waals surface area contributed by atoms with Crippen LogP contribution < -0.4 is 4.90 Å². The highest BCUT2D eigenvalue weighted by molar-refractivity contribution is 6.30. The molecule has 2 bridgehead atoms. The molecule has 1 aromatic heterocycles. The van der Waals surface area contributed by atoms with E-state index in [1.165, 1.54) is 23.1 Å². The van der Waals surface area contributed by atoms with Crippen LogP contribution in [0.1, 0.15) is 76.2 Å². The average Bonchev–Trinajstić information content (AvgIpc) is 3.92. The average molecular weight is 666 g/mol. The number of nitrogens with zero attached hydrogens (tertiary/aromatic N) is 3. The fourth-order valence-corrected chi connectivity index (χ4v) is 8.33. The molecule has 4 amide bonds. The van der Waals surface area contributed by atoms with Crippen LogP contribution in [0, 0.1) is 23.7 Å². The van der Waals surface area contributed by atoms with Gasteiger partial charge in [0.25, 0.3) is 11.8 Å². The molecule has 3 aromatic carbocycles. The SMILES string of the molecule is O=C(OCCCN1C(=O)c2ccccc2C1=O)c1ccc2c(c1)C(=O)C(c1ccc3cccc(N4C(=O)C5C6C=CC(C6)C5C4=O)c3n1)C2=O. The van der Waals surface area contributed by atoms with Crippen molar-refractivity contribution in [2.45, 2.75) is 18.8 Å². The molecule has 1 saturated carbocycles. The third kappa shape index (κ3) is 4.22. The molecule has 11 nitrogen and oxygen atoms in total. The van der Waals surface area contributed by atoms with E-state index in [-0.39, 0.29) is 77.4 Å². The molecule has 1 saturated heterocycles. The van der Waals surface area contributed by atoms with Crippen molar-refractivity contribution in [1.82, 2.24) is 9.88 Å². The number of aromatic nitrogens is 1. The molecule has 50 heavy (non-hydrogen) atoms. The van der Waals surface area contributed by atoms with Gasteiger partial charge in [-0.05, 0) is 67.1 Å². The number of Topliss-reactive ketones (excluding diaryl/α,β-unsaturated/α-hetero) is 2.